The molecule has 0 saturated carbocycles. The number of aromatic nitrogens is 2. The summed E-state index contributed by atoms with van der Waals surface area (Å²) in [7, 11) is 0. The lowest BCUT2D eigenvalue weighted by Crippen LogP contribution is -2.24. The van der Waals surface area contributed by atoms with Gasteiger partial charge in [0.25, 0.3) is 0 Å². The number of benzene rings is 2. The van der Waals surface area contributed by atoms with Crippen molar-refractivity contribution >= 4 is 11.9 Å². The first kappa shape index (κ1) is 28.1. The van der Waals surface area contributed by atoms with Gasteiger partial charge >= 0.3 is 11.9 Å². The molecule has 0 bridgehead atoms. The van der Waals surface area contributed by atoms with Crippen molar-refractivity contribution in [3.63, 3.8) is 0 Å². The third-order valence-corrected chi connectivity index (χ3v) is 5.72. The van der Waals surface area contributed by atoms with Gasteiger partial charge in [0, 0.05) is 13.0 Å². The maximum absolute atomic E-state index is 12.9. The highest BCUT2D eigenvalue weighted by atomic mass is 16.6. The summed E-state index contributed by atoms with van der Waals surface area (Å²) in [6, 6.07) is 15.2. The number of rotatable bonds is 9. The number of esters is 2. The first-order valence-electron chi connectivity index (χ1n) is 12.8. The molecule has 0 radical (unpaired) electrons. The molecule has 7 heteroatoms. The fourth-order valence-corrected chi connectivity index (χ4v) is 4.14. The Balaban J connectivity index is 1.99. The molecule has 0 fully saturated rings. The van der Waals surface area contributed by atoms with Crippen LogP contribution < -0.4 is 0 Å². The Morgan fingerprint density at radius 2 is 1.59 bits per heavy atom. The smallest absolute Gasteiger partial charge is 0.357 e. The quantitative estimate of drug-likeness (QED) is 0.363. The van der Waals surface area contributed by atoms with Crippen LogP contribution in [0.5, 0.6) is 0 Å². The van der Waals surface area contributed by atoms with E-state index in [2.05, 4.69) is 4.98 Å². The van der Waals surface area contributed by atoms with Crippen molar-refractivity contribution in [3.05, 3.63) is 76.9 Å². The molecule has 3 rings (SSSR count). The molecule has 198 valence electrons. The summed E-state index contributed by atoms with van der Waals surface area (Å²) >= 11 is 0. The van der Waals surface area contributed by atoms with Crippen molar-refractivity contribution in [2.75, 3.05) is 6.61 Å². The van der Waals surface area contributed by atoms with Crippen LogP contribution >= 0.6 is 0 Å². The molecule has 0 spiro atoms. The number of carbonyl (C=O) groups is 2. The van der Waals surface area contributed by atoms with E-state index in [1.807, 2.05) is 74.7 Å². The SMILES string of the molecule is CCCc1nc(C(C)(C)O)c(C(=O)OCC)n1Cc1ccc(-c2ccccc2C(=O)OC(C)(C)C)cc1. The van der Waals surface area contributed by atoms with Crippen molar-refractivity contribution in [1.29, 1.82) is 0 Å². The average Bonchev–Trinajstić information content (AvgIpc) is 3.17. The number of carbonyl (C=O) groups excluding carboxylic acids is 2. The Morgan fingerprint density at radius 1 is 0.946 bits per heavy atom. The third kappa shape index (κ3) is 6.86. The predicted molar refractivity (Wildman–Crippen MR) is 144 cm³/mol. The van der Waals surface area contributed by atoms with Gasteiger partial charge in [-0.15, -0.1) is 0 Å². The van der Waals surface area contributed by atoms with Crippen molar-refractivity contribution < 1.29 is 24.2 Å². The zero-order valence-corrected chi connectivity index (χ0v) is 22.9. The first-order valence-corrected chi connectivity index (χ1v) is 12.8. The van der Waals surface area contributed by atoms with Crippen LogP contribution in [0.3, 0.4) is 0 Å². The van der Waals surface area contributed by atoms with Gasteiger partial charge in [-0.1, -0.05) is 49.4 Å². The maximum Gasteiger partial charge on any atom is 0.357 e. The van der Waals surface area contributed by atoms with E-state index in [-0.39, 0.29) is 18.3 Å². The number of hydrogen-bond donors (Lipinski definition) is 1. The number of aliphatic hydroxyl groups is 1. The van der Waals surface area contributed by atoms with Gasteiger partial charge in [-0.3, -0.25) is 0 Å². The van der Waals surface area contributed by atoms with Gasteiger partial charge in [-0.25, -0.2) is 14.6 Å². The fraction of sp³-hybridized carbons (Fsp3) is 0.433. The van der Waals surface area contributed by atoms with Crippen LogP contribution in [0.25, 0.3) is 11.1 Å². The summed E-state index contributed by atoms with van der Waals surface area (Å²) in [5.41, 5.74) is 1.82. The van der Waals surface area contributed by atoms with Crippen molar-refractivity contribution in [3.8, 4) is 11.1 Å². The molecule has 3 aromatic rings. The molecule has 0 aliphatic heterocycles. The molecule has 0 amide bonds. The lowest BCUT2D eigenvalue weighted by Gasteiger charge is -2.20. The second-order valence-corrected chi connectivity index (χ2v) is 10.6. The minimum atomic E-state index is -1.30. The largest absolute Gasteiger partial charge is 0.461 e. The molecule has 7 nitrogen and oxygen atoms in total. The number of aryl methyl sites for hydroxylation is 1. The van der Waals surface area contributed by atoms with Gasteiger partial charge in [0.15, 0.2) is 5.69 Å². The van der Waals surface area contributed by atoms with Gasteiger partial charge in [-0.2, -0.15) is 0 Å². The van der Waals surface area contributed by atoms with E-state index in [1.165, 1.54) is 0 Å². The summed E-state index contributed by atoms with van der Waals surface area (Å²) < 4.78 is 12.8. The standard InChI is InChI=1S/C30H38N2O5/c1-8-12-24-31-26(30(6,7)35)25(28(34)36-9-2)32(24)19-20-15-17-21(18-16-20)22-13-10-11-14-23(22)27(33)37-29(3,4)5/h10-11,13-18,35H,8-9,12,19H2,1-7H3. The molecule has 0 aliphatic carbocycles. The van der Waals surface area contributed by atoms with Crippen LogP contribution in [0.4, 0.5) is 0 Å². The molecule has 0 saturated heterocycles. The van der Waals surface area contributed by atoms with E-state index in [0.29, 0.717) is 24.2 Å². The van der Waals surface area contributed by atoms with Crippen molar-refractivity contribution in [2.24, 2.45) is 0 Å². The zero-order valence-electron chi connectivity index (χ0n) is 22.9. The highest BCUT2D eigenvalue weighted by molar-refractivity contribution is 5.97. The number of imidazole rings is 1. The zero-order chi connectivity index (χ0) is 27.4. The number of hydrogen-bond acceptors (Lipinski definition) is 6. The van der Waals surface area contributed by atoms with E-state index < -0.39 is 17.2 Å². The summed E-state index contributed by atoms with van der Waals surface area (Å²) in [6.45, 7) is 13.2. The molecule has 1 aromatic heterocycles. The van der Waals surface area contributed by atoms with Crippen LogP contribution in [0, 0.1) is 0 Å². The van der Waals surface area contributed by atoms with Crippen LogP contribution in [0.1, 0.15) is 92.8 Å². The second-order valence-electron chi connectivity index (χ2n) is 10.6. The topological polar surface area (TPSA) is 90.6 Å². The van der Waals surface area contributed by atoms with Gasteiger partial charge in [-0.05, 0) is 70.7 Å². The van der Waals surface area contributed by atoms with Crippen molar-refractivity contribution in [1.82, 2.24) is 9.55 Å². The van der Waals surface area contributed by atoms with E-state index >= 15 is 0 Å². The molecule has 0 aliphatic rings. The van der Waals surface area contributed by atoms with Gasteiger partial charge < -0.3 is 19.1 Å². The Morgan fingerprint density at radius 3 is 2.16 bits per heavy atom. The number of nitrogens with zero attached hydrogens (tertiary/aromatic N) is 2. The van der Waals surface area contributed by atoms with E-state index in [1.54, 1.807) is 26.8 Å². The van der Waals surface area contributed by atoms with Gasteiger partial charge in [0.2, 0.25) is 0 Å². The molecule has 2 aromatic carbocycles. The van der Waals surface area contributed by atoms with E-state index in [9.17, 15) is 14.7 Å². The average molecular weight is 507 g/mol. The van der Waals surface area contributed by atoms with Crippen LogP contribution in [0.15, 0.2) is 48.5 Å². The normalized spacial score (nSPS) is 11.9. The molecule has 1 N–H and O–H groups in total. The van der Waals surface area contributed by atoms with Crippen molar-refractivity contribution in [2.45, 2.75) is 79.1 Å². The minimum Gasteiger partial charge on any atom is -0.461 e. The molecule has 1 heterocycles. The van der Waals surface area contributed by atoms with Crippen LogP contribution in [0.2, 0.25) is 0 Å². The number of ether oxygens (including phenoxy) is 2. The molecule has 0 unspecified atom stereocenters. The Hall–Kier alpha value is -3.45. The van der Waals surface area contributed by atoms with E-state index in [0.717, 1.165) is 28.9 Å². The van der Waals surface area contributed by atoms with Crippen LogP contribution in [-0.4, -0.2) is 38.8 Å². The Labute approximate surface area is 219 Å². The Bertz CT molecular complexity index is 1240. The highest BCUT2D eigenvalue weighted by Gasteiger charge is 2.32. The summed E-state index contributed by atoms with van der Waals surface area (Å²) in [5, 5.41) is 10.7. The fourth-order valence-electron chi connectivity index (χ4n) is 4.14. The minimum absolute atomic E-state index is 0.226. The first-order chi connectivity index (χ1) is 17.4. The predicted octanol–water partition coefficient (Wildman–Crippen LogP) is 5.91. The maximum atomic E-state index is 12.9. The summed E-state index contributed by atoms with van der Waals surface area (Å²) in [6.07, 6.45) is 1.49. The highest BCUT2D eigenvalue weighted by Crippen LogP contribution is 2.29. The van der Waals surface area contributed by atoms with Gasteiger partial charge in [0.1, 0.15) is 22.7 Å². The second kappa shape index (κ2) is 11.3. The lowest BCUT2D eigenvalue weighted by atomic mass is 9.98. The Kier molecular flexibility index (Phi) is 8.59. The lowest BCUT2D eigenvalue weighted by molar-refractivity contribution is 0.00701. The summed E-state index contributed by atoms with van der Waals surface area (Å²) in [5.74, 6) is -0.146. The van der Waals surface area contributed by atoms with Gasteiger partial charge in [0.05, 0.1) is 12.2 Å². The molecule has 37 heavy (non-hydrogen) atoms. The van der Waals surface area contributed by atoms with E-state index in [4.69, 9.17) is 9.47 Å². The monoisotopic (exact) mass is 506 g/mol. The third-order valence-electron chi connectivity index (χ3n) is 5.72. The van der Waals surface area contributed by atoms with Crippen LogP contribution in [-0.2, 0) is 28.0 Å². The molecule has 0 atom stereocenters. The summed E-state index contributed by atoms with van der Waals surface area (Å²) in [4.78, 5) is 30.4. The molecular formula is C30H38N2O5. The molecular weight excluding hydrogens is 468 g/mol.